The Labute approximate surface area is 237 Å². The maximum Gasteiger partial charge on any atom is 0.356 e. The number of aliphatic hydroxyl groups is 1. The molecule has 3 atom stereocenters. The third kappa shape index (κ3) is 5.22. The third-order valence-corrected chi connectivity index (χ3v) is 9.64. The first-order valence-corrected chi connectivity index (χ1v) is 14.7. The zero-order chi connectivity index (χ0) is 30.1. The molecule has 1 N–H and O–H groups in total. The number of nitro groups is 1. The average molecular weight is 586 g/mol. The second-order valence-electron chi connectivity index (χ2n) is 9.80. The maximum atomic E-state index is 14.3. The van der Waals surface area contributed by atoms with Crippen molar-refractivity contribution in [1.29, 1.82) is 0 Å². The Morgan fingerprint density at radius 3 is 2.32 bits per heavy atom. The fourth-order valence-corrected chi connectivity index (χ4v) is 7.51. The van der Waals surface area contributed by atoms with Crippen molar-refractivity contribution in [3.63, 3.8) is 0 Å². The summed E-state index contributed by atoms with van der Waals surface area (Å²) in [4.78, 5) is 52.1. The van der Waals surface area contributed by atoms with Gasteiger partial charge in [0.25, 0.3) is 11.6 Å². The van der Waals surface area contributed by atoms with Crippen LogP contribution in [0.25, 0.3) is 0 Å². The van der Waals surface area contributed by atoms with Gasteiger partial charge >= 0.3 is 5.97 Å². The number of rotatable bonds is 11. The molecular weight excluding hydrogens is 554 g/mol. The van der Waals surface area contributed by atoms with E-state index >= 15 is 0 Å². The summed E-state index contributed by atoms with van der Waals surface area (Å²) in [6.07, 6.45) is 0.0970. The molecule has 2 aliphatic heterocycles. The highest BCUT2D eigenvalue weighted by Gasteiger charge is 2.60. The molecule has 0 bridgehead atoms. The highest BCUT2D eigenvalue weighted by atomic mass is 32.2. The molecule has 1 fully saturated rings. The number of sulfone groups is 1. The summed E-state index contributed by atoms with van der Waals surface area (Å²) in [5, 5.41) is 20.4. The molecule has 13 heteroatoms. The van der Waals surface area contributed by atoms with Crippen molar-refractivity contribution in [1.82, 2.24) is 9.80 Å². The van der Waals surface area contributed by atoms with Gasteiger partial charge in [0.2, 0.25) is 15.7 Å². The first-order valence-electron chi connectivity index (χ1n) is 13.2. The first-order chi connectivity index (χ1) is 19.5. The van der Waals surface area contributed by atoms with Crippen molar-refractivity contribution in [2.45, 2.75) is 44.7 Å². The fourth-order valence-electron chi connectivity index (χ4n) is 5.50. The lowest BCUT2D eigenvalue weighted by Gasteiger charge is -2.45. The van der Waals surface area contributed by atoms with Crippen molar-refractivity contribution in [2.24, 2.45) is 11.8 Å². The van der Waals surface area contributed by atoms with Gasteiger partial charge in [0, 0.05) is 37.7 Å². The van der Waals surface area contributed by atoms with Crippen molar-refractivity contribution in [2.75, 3.05) is 19.7 Å². The molecule has 2 aliphatic rings. The molecule has 41 heavy (non-hydrogen) atoms. The van der Waals surface area contributed by atoms with E-state index in [9.17, 15) is 38.0 Å². The number of amides is 2. The van der Waals surface area contributed by atoms with E-state index in [0.717, 1.165) is 4.90 Å². The quantitative estimate of drug-likeness (QED) is 0.181. The van der Waals surface area contributed by atoms with Crippen LogP contribution in [0.1, 0.15) is 43.1 Å². The Morgan fingerprint density at radius 2 is 1.73 bits per heavy atom. The van der Waals surface area contributed by atoms with E-state index in [4.69, 9.17) is 4.74 Å². The van der Waals surface area contributed by atoms with E-state index in [1.54, 1.807) is 26.8 Å². The predicted octanol–water partition coefficient (Wildman–Crippen LogP) is 2.66. The summed E-state index contributed by atoms with van der Waals surface area (Å²) in [5.41, 5.74) is -0.210. The number of carbonyl (C=O) groups excluding carboxylic acids is 3. The molecule has 0 spiro atoms. The molecule has 2 aromatic rings. The monoisotopic (exact) mass is 585 g/mol. The second kappa shape index (κ2) is 11.8. The summed E-state index contributed by atoms with van der Waals surface area (Å²) in [7, 11) is -4.49. The number of esters is 1. The molecule has 1 saturated heterocycles. The van der Waals surface area contributed by atoms with E-state index < -0.39 is 56.1 Å². The summed E-state index contributed by atoms with van der Waals surface area (Å²) in [6, 6.07) is 10.3. The number of nitrogens with zero attached hydrogens (tertiary/aromatic N) is 3. The van der Waals surface area contributed by atoms with Crippen LogP contribution >= 0.6 is 0 Å². The van der Waals surface area contributed by atoms with E-state index in [1.165, 1.54) is 47.4 Å². The highest BCUT2D eigenvalue weighted by Crippen LogP contribution is 2.50. The number of nitro benzene ring substituents is 1. The van der Waals surface area contributed by atoms with Gasteiger partial charge in [0.1, 0.15) is 12.3 Å². The third-order valence-electron chi connectivity index (χ3n) is 7.56. The molecule has 2 aromatic carbocycles. The van der Waals surface area contributed by atoms with Crippen LogP contribution in [-0.2, 0) is 30.8 Å². The molecule has 12 nitrogen and oxygen atoms in total. The molecule has 0 aromatic heterocycles. The summed E-state index contributed by atoms with van der Waals surface area (Å²) in [5.74, 6) is -3.56. The maximum absolute atomic E-state index is 14.3. The van der Waals surface area contributed by atoms with Crippen LogP contribution in [-0.4, -0.2) is 71.8 Å². The average Bonchev–Trinajstić information content (AvgIpc) is 3.25. The molecule has 2 amide bonds. The molecule has 0 saturated carbocycles. The molecule has 0 radical (unpaired) electrons. The van der Waals surface area contributed by atoms with Crippen LogP contribution in [0.5, 0.6) is 0 Å². The Balaban J connectivity index is 1.77. The van der Waals surface area contributed by atoms with Gasteiger partial charge < -0.3 is 19.6 Å². The Kier molecular flexibility index (Phi) is 8.59. The van der Waals surface area contributed by atoms with E-state index in [-0.39, 0.29) is 40.7 Å². The minimum Gasteiger partial charge on any atom is -0.456 e. The van der Waals surface area contributed by atoms with Crippen LogP contribution in [0.3, 0.4) is 0 Å². The number of aliphatic hydroxyl groups excluding tert-OH is 1. The molecule has 4 rings (SSSR count). The minimum atomic E-state index is -4.49. The fraction of sp³-hybridized carbons (Fsp3) is 0.393. The summed E-state index contributed by atoms with van der Waals surface area (Å²) in [6.45, 7) is 5.23. The Morgan fingerprint density at radius 1 is 1.10 bits per heavy atom. The number of ether oxygens (including phenoxy) is 1. The van der Waals surface area contributed by atoms with Crippen LogP contribution in [0.4, 0.5) is 5.69 Å². The summed E-state index contributed by atoms with van der Waals surface area (Å²) < 4.78 is 33.9. The number of β-lactam (4-membered cyclic amide) rings is 1. The number of non-ortho nitro benzene ring substituents is 1. The van der Waals surface area contributed by atoms with Crippen molar-refractivity contribution < 1.29 is 37.6 Å². The highest BCUT2D eigenvalue weighted by molar-refractivity contribution is 7.95. The van der Waals surface area contributed by atoms with E-state index in [0.29, 0.717) is 18.7 Å². The zero-order valence-electron chi connectivity index (χ0n) is 22.8. The van der Waals surface area contributed by atoms with Crippen LogP contribution in [0.2, 0.25) is 0 Å². The lowest BCUT2D eigenvalue weighted by atomic mass is 9.80. The molecule has 2 heterocycles. The van der Waals surface area contributed by atoms with Gasteiger partial charge in [-0.05, 0) is 50.1 Å². The molecular formula is C28H31N3O9S. The van der Waals surface area contributed by atoms with Crippen LogP contribution < -0.4 is 0 Å². The van der Waals surface area contributed by atoms with Crippen LogP contribution in [0.15, 0.2) is 64.0 Å². The molecule has 218 valence electrons. The molecule has 2 unspecified atom stereocenters. The van der Waals surface area contributed by atoms with Crippen LogP contribution in [0, 0.1) is 22.0 Å². The predicted molar refractivity (Wildman–Crippen MR) is 146 cm³/mol. The number of hydrogen-bond donors (Lipinski definition) is 1. The van der Waals surface area contributed by atoms with Gasteiger partial charge in [-0.25, -0.2) is 13.2 Å². The first kappa shape index (κ1) is 29.9. The Bertz CT molecular complexity index is 1510. The van der Waals surface area contributed by atoms with Gasteiger partial charge in [0.05, 0.1) is 32.2 Å². The largest absolute Gasteiger partial charge is 0.456 e. The van der Waals surface area contributed by atoms with Gasteiger partial charge in [-0.3, -0.25) is 19.7 Å². The normalized spacial score (nSPS) is 20.0. The lowest BCUT2D eigenvalue weighted by Crippen LogP contribution is -2.60. The minimum absolute atomic E-state index is 0.0537. The van der Waals surface area contributed by atoms with Crippen molar-refractivity contribution in [3.05, 3.63) is 80.4 Å². The van der Waals surface area contributed by atoms with E-state index in [1.807, 2.05) is 0 Å². The lowest BCUT2D eigenvalue weighted by molar-refractivity contribution is -0.384. The number of benzene rings is 2. The SMILES string of the molecule is CCN(CC)C(=O)c1ccccc1S(=O)(=O)C1=C(C(=O)OCc2ccc([N+](=O)[O-])cc2)N2C(=O)C(CCO)[C@@H]2C1C. The van der Waals surface area contributed by atoms with Crippen molar-refractivity contribution in [3.8, 4) is 0 Å². The summed E-state index contributed by atoms with van der Waals surface area (Å²) >= 11 is 0. The molecule has 0 aliphatic carbocycles. The standard InChI is InChI=1S/C28H31N3O9S/c1-4-29(5-2)26(33)20-8-6-7-9-22(20)41(38,39)25-17(3)23-21(14-15-32)27(34)30(23)24(25)28(35)40-16-18-10-12-19(13-11-18)31(36)37/h6-13,17,21,23,32H,4-5,14-16H2,1-3H3/t17?,21?,23-/m0/s1. The van der Waals surface area contributed by atoms with Crippen molar-refractivity contribution >= 4 is 33.3 Å². The number of hydrogen-bond acceptors (Lipinski definition) is 9. The van der Waals surface area contributed by atoms with E-state index in [2.05, 4.69) is 0 Å². The number of carbonyl (C=O) groups is 3. The van der Waals surface area contributed by atoms with Gasteiger partial charge in [-0.2, -0.15) is 0 Å². The smallest absolute Gasteiger partial charge is 0.356 e. The topological polar surface area (TPSA) is 164 Å². The Hall–Kier alpha value is -4.10. The zero-order valence-corrected chi connectivity index (χ0v) is 23.7. The van der Waals surface area contributed by atoms with Gasteiger partial charge in [-0.1, -0.05) is 19.1 Å². The number of fused-ring (bicyclic) bond motifs is 1. The van der Waals surface area contributed by atoms with Gasteiger partial charge in [0.15, 0.2) is 0 Å². The second-order valence-corrected chi connectivity index (χ2v) is 11.7. The van der Waals surface area contributed by atoms with Gasteiger partial charge in [-0.15, -0.1) is 0 Å².